The molecule has 1 fully saturated rings. The Morgan fingerprint density at radius 1 is 1.47 bits per heavy atom. The van der Waals surface area contributed by atoms with E-state index in [0.717, 1.165) is 0 Å². The number of amides is 1. The summed E-state index contributed by atoms with van der Waals surface area (Å²) in [7, 11) is 0. The van der Waals surface area contributed by atoms with Gasteiger partial charge in [-0.1, -0.05) is 11.6 Å². The van der Waals surface area contributed by atoms with E-state index in [1.807, 2.05) is 13.8 Å². The molecular weight excluding hydrogens is 242 g/mol. The number of aromatic nitrogens is 2. The highest BCUT2D eigenvalue weighted by Crippen LogP contribution is 2.18. The molecule has 1 saturated heterocycles. The van der Waals surface area contributed by atoms with Gasteiger partial charge in [0.2, 0.25) is 0 Å². The second-order valence-corrected chi connectivity index (χ2v) is 4.96. The van der Waals surface area contributed by atoms with Crippen LogP contribution in [0.15, 0.2) is 12.1 Å². The van der Waals surface area contributed by atoms with E-state index < -0.39 is 0 Å². The molecule has 5 nitrogen and oxygen atoms in total. The minimum absolute atomic E-state index is 0.134. The summed E-state index contributed by atoms with van der Waals surface area (Å²) < 4.78 is 5.55. The van der Waals surface area contributed by atoms with Gasteiger partial charge in [-0.2, -0.15) is 0 Å². The topological polar surface area (TPSA) is 55.3 Å². The quantitative estimate of drug-likeness (QED) is 0.761. The maximum atomic E-state index is 12.1. The van der Waals surface area contributed by atoms with Gasteiger partial charge in [-0.25, -0.2) is 0 Å². The average molecular weight is 256 g/mol. The third kappa shape index (κ3) is 2.92. The maximum absolute atomic E-state index is 12.1. The van der Waals surface area contributed by atoms with Crippen molar-refractivity contribution in [3.8, 4) is 0 Å². The molecule has 0 atom stereocenters. The van der Waals surface area contributed by atoms with Crippen LogP contribution < -0.4 is 0 Å². The number of halogens is 1. The smallest absolute Gasteiger partial charge is 0.274 e. The van der Waals surface area contributed by atoms with E-state index in [1.165, 1.54) is 0 Å². The molecule has 0 aliphatic carbocycles. The van der Waals surface area contributed by atoms with Crippen LogP contribution in [0.25, 0.3) is 0 Å². The molecular formula is C11H14ClN3O2. The van der Waals surface area contributed by atoms with Crippen LogP contribution in [0.3, 0.4) is 0 Å². The number of rotatable bonds is 1. The summed E-state index contributed by atoms with van der Waals surface area (Å²) in [5, 5.41) is 7.74. The summed E-state index contributed by atoms with van der Waals surface area (Å²) in [6.45, 7) is 5.59. The highest BCUT2D eigenvalue weighted by molar-refractivity contribution is 6.29. The summed E-state index contributed by atoms with van der Waals surface area (Å²) in [6.07, 6.45) is 0. The molecule has 1 aromatic heterocycles. The lowest BCUT2D eigenvalue weighted by atomic mass is 10.1. The number of nitrogens with zero attached hydrogens (tertiary/aromatic N) is 3. The van der Waals surface area contributed by atoms with Gasteiger partial charge in [0, 0.05) is 13.1 Å². The summed E-state index contributed by atoms with van der Waals surface area (Å²) in [5.74, 6) is -0.134. The number of hydrogen-bond acceptors (Lipinski definition) is 4. The third-order valence-electron chi connectivity index (χ3n) is 2.56. The van der Waals surface area contributed by atoms with Crippen LogP contribution >= 0.6 is 11.6 Å². The van der Waals surface area contributed by atoms with Gasteiger partial charge in [-0.05, 0) is 26.0 Å². The third-order valence-corrected chi connectivity index (χ3v) is 2.77. The molecule has 0 radical (unpaired) electrons. The molecule has 0 spiro atoms. The Bertz CT molecular complexity index is 419. The van der Waals surface area contributed by atoms with Crippen LogP contribution in [0.5, 0.6) is 0 Å². The van der Waals surface area contributed by atoms with Crippen molar-refractivity contribution >= 4 is 17.5 Å². The Labute approximate surface area is 105 Å². The molecule has 1 amide bonds. The predicted octanol–water partition coefficient (Wildman–Crippen LogP) is 1.38. The van der Waals surface area contributed by atoms with Crippen LogP contribution in [0, 0.1) is 0 Å². The monoisotopic (exact) mass is 255 g/mol. The molecule has 17 heavy (non-hydrogen) atoms. The molecule has 1 aliphatic heterocycles. The van der Waals surface area contributed by atoms with Crippen LogP contribution in [-0.2, 0) is 4.74 Å². The van der Waals surface area contributed by atoms with Gasteiger partial charge in [0.15, 0.2) is 10.8 Å². The van der Waals surface area contributed by atoms with Crippen molar-refractivity contribution in [3.63, 3.8) is 0 Å². The molecule has 0 bridgehead atoms. The lowest BCUT2D eigenvalue weighted by molar-refractivity contribution is -0.0765. The Morgan fingerprint density at radius 2 is 2.24 bits per heavy atom. The molecule has 92 valence electrons. The molecule has 0 aromatic carbocycles. The van der Waals surface area contributed by atoms with Crippen molar-refractivity contribution in [1.29, 1.82) is 0 Å². The summed E-state index contributed by atoms with van der Waals surface area (Å²) >= 11 is 5.63. The van der Waals surface area contributed by atoms with Crippen molar-refractivity contribution in [2.24, 2.45) is 0 Å². The second kappa shape index (κ2) is 4.58. The molecule has 0 saturated carbocycles. The summed E-state index contributed by atoms with van der Waals surface area (Å²) in [4.78, 5) is 13.8. The first kappa shape index (κ1) is 12.3. The standard InChI is InChI=1S/C11H14ClN3O2/c1-11(2)7-15(5-6-17-11)10(16)8-3-4-9(12)14-13-8/h3-4H,5-7H2,1-2H3. The van der Waals surface area contributed by atoms with Crippen molar-refractivity contribution in [1.82, 2.24) is 15.1 Å². The molecule has 2 heterocycles. The Kier molecular flexibility index (Phi) is 3.31. The number of carbonyl (C=O) groups excluding carboxylic acids is 1. The second-order valence-electron chi connectivity index (χ2n) is 4.58. The van der Waals surface area contributed by atoms with Crippen LogP contribution in [0.4, 0.5) is 0 Å². The number of morpholine rings is 1. The van der Waals surface area contributed by atoms with Crippen LogP contribution in [0.2, 0.25) is 5.15 Å². The van der Waals surface area contributed by atoms with E-state index in [9.17, 15) is 4.79 Å². The van der Waals surface area contributed by atoms with Crippen molar-refractivity contribution < 1.29 is 9.53 Å². The number of carbonyl (C=O) groups is 1. The van der Waals surface area contributed by atoms with Gasteiger partial charge in [0.05, 0.1) is 12.2 Å². The van der Waals surface area contributed by atoms with E-state index in [1.54, 1.807) is 17.0 Å². The number of hydrogen-bond donors (Lipinski definition) is 0. The van der Waals surface area contributed by atoms with E-state index in [-0.39, 0.29) is 16.7 Å². The summed E-state index contributed by atoms with van der Waals surface area (Å²) in [5.41, 5.74) is 0.000388. The van der Waals surface area contributed by atoms with Gasteiger partial charge < -0.3 is 9.64 Å². The zero-order valence-electron chi connectivity index (χ0n) is 9.81. The van der Waals surface area contributed by atoms with Crippen molar-refractivity contribution in [2.45, 2.75) is 19.4 Å². The Balaban J connectivity index is 2.12. The zero-order valence-corrected chi connectivity index (χ0v) is 10.6. The van der Waals surface area contributed by atoms with E-state index >= 15 is 0 Å². The highest BCUT2D eigenvalue weighted by Gasteiger charge is 2.30. The van der Waals surface area contributed by atoms with Gasteiger partial charge >= 0.3 is 0 Å². The fraction of sp³-hybridized carbons (Fsp3) is 0.545. The van der Waals surface area contributed by atoms with E-state index in [4.69, 9.17) is 16.3 Å². The SMILES string of the molecule is CC1(C)CN(C(=O)c2ccc(Cl)nn2)CCO1. The maximum Gasteiger partial charge on any atom is 0.274 e. The molecule has 6 heteroatoms. The first-order valence-corrected chi connectivity index (χ1v) is 5.78. The first-order chi connectivity index (χ1) is 7.98. The lowest BCUT2D eigenvalue weighted by Gasteiger charge is -2.37. The van der Waals surface area contributed by atoms with Gasteiger partial charge in [0.1, 0.15) is 0 Å². The molecule has 1 aliphatic rings. The highest BCUT2D eigenvalue weighted by atomic mass is 35.5. The Hall–Kier alpha value is -1.20. The minimum Gasteiger partial charge on any atom is -0.372 e. The van der Waals surface area contributed by atoms with Crippen LogP contribution in [-0.4, -0.2) is 46.3 Å². The van der Waals surface area contributed by atoms with Gasteiger partial charge in [-0.3, -0.25) is 4.79 Å². The first-order valence-electron chi connectivity index (χ1n) is 5.40. The fourth-order valence-electron chi connectivity index (χ4n) is 1.78. The molecule has 2 rings (SSSR count). The van der Waals surface area contributed by atoms with Crippen molar-refractivity contribution in [3.05, 3.63) is 23.0 Å². The van der Waals surface area contributed by atoms with E-state index in [0.29, 0.717) is 25.4 Å². The fourth-order valence-corrected chi connectivity index (χ4v) is 1.88. The van der Waals surface area contributed by atoms with E-state index in [2.05, 4.69) is 10.2 Å². The number of ether oxygens (including phenoxy) is 1. The van der Waals surface area contributed by atoms with Gasteiger partial charge in [0.25, 0.3) is 5.91 Å². The lowest BCUT2D eigenvalue weighted by Crippen LogP contribution is -2.50. The minimum atomic E-state index is -0.312. The normalized spacial score (nSPS) is 19.1. The predicted molar refractivity (Wildman–Crippen MR) is 63.0 cm³/mol. The van der Waals surface area contributed by atoms with Gasteiger partial charge in [-0.15, -0.1) is 10.2 Å². The largest absolute Gasteiger partial charge is 0.372 e. The van der Waals surface area contributed by atoms with Crippen LogP contribution in [0.1, 0.15) is 24.3 Å². The summed E-state index contributed by atoms with van der Waals surface area (Å²) in [6, 6.07) is 3.15. The average Bonchev–Trinajstić information content (AvgIpc) is 2.28. The molecule has 0 unspecified atom stereocenters. The molecule has 0 N–H and O–H groups in total. The van der Waals surface area contributed by atoms with Crippen molar-refractivity contribution in [2.75, 3.05) is 19.7 Å². The zero-order chi connectivity index (χ0) is 12.5. The molecule has 1 aromatic rings. The Morgan fingerprint density at radius 3 is 2.82 bits per heavy atom.